The van der Waals surface area contributed by atoms with Crippen LogP contribution in [0.25, 0.3) is 11.3 Å². The molecule has 0 bridgehead atoms. The molecule has 1 aromatic heterocycles. The molecule has 1 amide bonds. The van der Waals surface area contributed by atoms with E-state index in [1.165, 1.54) is 12.1 Å². The number of benzene rings is 2. The van der Waals surface area contributed by atoms with Crippen molar-refractivity contribution in [3.8, 4) is 17.4 Å². The number of amides is 1. The van der Waals surface area contributed by atoms with E-state index in [0.717, 1.165) is 5.56 Å². The van der Waals surface area contributed by atoms with Crippen LogP contribution in [0, 0.1) is 11.3 Å². The monoisotopic (exact) mass is 395 g/mol. The summed E-state index contributed by atoms with van der Waals surface area (Å²) in [6.07, 6.45) is 1.31. The highest BCUT2D eigenvalue weighted by molar-refractivity contribution is 6.30. The van der Waals surface area contributed by atoms with Crippen LogP contribution < -0.4 is 5.32 Å². The first-order chi connectivity index (χ1) is 13.5. The van der Waals surface area contributed by atoms with E-state index < -0.39 is 11.9 Å². The Morgan fingerprint density at radius 3 is 2.54 bits per heavy atom. The number of nitriles is 1. The van der Waals surface area contributed by atoms with Crippen molar-refractivity contribution in [1.29, 1.82) is 5.26 Å². The van der Waals surface area contributed by atoms with Crippen molar-refractivity contribution in [1.82, 2.24) is 4.98 Å². The molecule has 2 aromatic carbocycles. The summed E-state index contributed by atoms with van der Waals surface area (Å²) in [5.41, 5.74) is 1.60. The predicted molar refractivity (Wildman–Crippen MR) is 101 cm³/mol. The number of aromatic nitrogens is 1. The van der Waals surface area contributed by atoms with Crippen LogP contribution in [0.3, 0.4) is 0 Å². The first-order valence-electron chi connectivity index (χ1n) is 8.20. The molecule has 1 heterocycles. The van der Waals surface area contributed by atoms with Gasteiger partial charge >= 0.3 is 5.97 Å². The zero-order valence-corrected chi connectivity index (χ0v) is 15.3. The van der Waals surface area contributed by atoms with Gasteiger partial charge in [-0.05, 0) is 48.5 Å². The van der Waals surface area contributed by atoms with E-state index in [1.807, 2.05) is 0 Å². The van der Waals surface area contributed by atoms with Gasteiger partial charge in [0.1, 0.15) is 6.42 Å². The second kappa shape index (κ2) is 8.84. The molecule has 1 N–H and O–H groups in total. The summed E-state index contributed by atoms with van der Waals surface area (Å²) in [4.78, 5) is 27.6. The van der Waals surface area contributed by atoms with E-state index in [0.29, 0.717) is 22.0 Å². The standard InChI is InChI=1S/C20H14ClN3O4/c21-15-5-1-13(2-6-15)17-11-23-19(28-17)12-27-20(26)14-3-7-16(8-4-14)24-18(25)9-10-22/h1-8,11H,9,12H2,(H,24,25). The van der Waals surface area contributed by atoms with Gasteiger partial charge in [-0.1, -0.05) is 11.6 Å². The molecule has 0 aliphatic carbocycles. The maximum Gasteiger partial charge on any atom is 0.338 e. The quantitative estimate of drug-likeness (QED) is 0.627. The van der Waals surface area contributed by atoms with Crippen molar-refractivity contribution in [2.24, 2.45) is 0 Å². The molecular formula is C20H14ClN3O4. The van der Waals surface area contributed by atoms with Crippen LogP contribution in [0.4, 0.5) is 5.69 Å². The highest BCUT2D eigenvalue weighted by Gasteiger charge is 2.12. The third-order valence-corrected chi connectivity index (χ3v) is 3.90. The number of hydrogen-bond acceptors (Lipinski definition) is 6. The van der Waals surface area contributed by atoms with Gasteiger partial charge in [0.15, 0.2) is 12.4 Å². The number of nitrogens with zero attached hydrogens (tertiary/aromatic N) is 2. The van der Waals surface area contributed by atoms with Crippen molar-refractivity contribution < 1.29 is 18.7 Å². The minimum absolute atomic E-state index is 0.118. The van der Waals surface area contributed by atoms with Crippen LogP contribution in [0.15, 0.2) is 59.1 Å². The van der Waals surface area contributed by atoms with Crippen molar-refractivity contribution in [2.45, 2.75) is 13.0 Å². The van der Waals surface area contributed by atoms with Gasteiger partial charge in [0, 0.05) is 16.3 Å². The van der Waals surface area contributed by atoms with Crippen molar-refractivity contribution >= 4 is 29.2 Å². The number of carbonyl (C=O) groups is 2. The summed E-state index contributed by atoms with van der Waals surface area (Å²) in [6, 6.07) is 15.0. The lowest BCUT2D eigenvalue weighted by atomic mass is 10.2. The lowest BCUT2D eigenvalue weighted by Crippen LogP contribution is -2.10. The molecule has 28 heavy (non-hydrogen) atoms. The van der Waals surface area contributed by atoms with Gasteiger partial charge in [0.25, 0.3) is 0 Å². The van der Waals surface area contributed by atoms with E-state index in [-0.39, 0.29) is 18.9 Å². The molecule has 0 saturated heterocycles. The minimum atomic E-state index is -0.554. The smallest absolute Gasteiger partial charge is 0.338 e. The maximum atomic E-state index is 12.1. The van der Waals surface area contributed by atoms with E-state index >= 15 is 0 Å². The van der Waals surface area contributed by atoms with Gasteiger partial charge in [-0.25, -0.2) is 9.78 Å². The molecule has 7 nitrogen and oxygen atoms in total. The SMILES string of the molecule is N#CCC(=O)Nc1ccc(C(=O)OCc2ncc(-c3ccc(Cl)cc3)o2)cc1. The van der Waals surface area contributed by atoms with Crippen LogP contribution in [-0.4, -0.2) is 16.9 Å². The zero-order valence-electron chi connectivity index (χ0n) is 14.5. The molecule has 140 valence electrons. The summed E-state index contributed by atoms with van der Waals surface area (Å²) < 4.78 is 10.8. The van der Waals surface area contributed by atoms with Crippen molar-refractivity contribution in [3.63, 3.8) is 0 Å². The Labute approximate surface area is 165 Å². The topological polar surface area (TPSA) is 105 Å². The minimum Gasteiger partial charge on any atom is -0.452 e. The summed E-state index contributed by atoms with van der Waals surface area (Å²) in [5, 5.41) is 11.6. The number of hydrogen-bond donors (Lipinski definition) is 1. The molecule has 0 unspecified atom stereocenters. The maximum absolute atomic E-state index is 12.1. The number of anilines is 1. The number of rotatable bonds is 6. The lowest BCUT2D eigenvalue weighted by Gasteiger charge is -2.05. The Balaban J connectivity index is 1.56. The van der Waals surface area contributed by atoms with Gasteiger partial charge in [-0.3, -0.25) is 4.79 Å². The van der Waals surface area contributed by atoms with Gasteiger partial charge in [0.2, 0.25) is 11.8 Å². The molecule has 3 rings (SSSR count). The van der Waals surface area contributed by atoms with Gasteiger partial charge in [0.05, 0.1) is 17.8 Å². The summed E-state index contributed by atoms with van der Waals surface area (Å²) in [6.45, 7) is -0.118. The average Bonchev–Trinajstić information content (AvgIpc) is 3.16. The Hall–Kier alpha value is -3.63. The van der Waals surface area contributed by atoms with Gasteiger partial charge < -0.3 is 14.5 Å². The Morgan fingerprint density at radius 1 is 1.14 bits per heavy atom. The number of halogens is 1. The van der Waals surface area contributed by atoms with Crippen LogP contribution in [-0.2, 0) is 16.1 Å². The molecular weight excluding hydrogens is 382 g/mol. The van der Waals surface area contributed by atoms with Crippen LogP contribution in [0.2, 0.25) is 5.02 Å². The Morgan fingerprint density at radius 2 is 1.86 bits per heavy atom. The third kappa shape index (κ3) is 4.96. The highest BCUT2D eigenvalue weighted by Crippen LogP contribution is 2.22. The first kappa shape index (κ1) is 19.1. The molecule has 3 aromatic rings. The van der Waals surface area contributed by atoms with E-state index in [2.05, 4.69) is 10.3 Å². The molecule has 0 saturated carbocycles. The number of carbonyl (C=O) groups excluding carboxylic acids is 2. The summed E-state index contributed by atoms with van der Waals surface area (Å²) >= 11 is 5.86. The zero-order chi connectivity index (χ0) is 19.9. The van der Waals surface area contributed by atoms with Crippen molar-refractivity contribution in [2.75, 3.05) is 5.32 Å². The summed E-state index contributed by atoms with van der Waals surface area (Å²) in [7, 11) is 0. The largest absolute Gasteiger partial charge is 0.452 e. The van der Waals surface area contributed by atoms with Crippen LogP contribution >= 0.6 is 11.6 Å². The predicted octanol–water partition coefficient (Wildman–Crippen LogP) is 4.20. The number of nitrogens with one attached hydrogen (secondary N) is 1. The lowest BCUT2D eigenvalue weighted by molar-refractivity contribution is -0.115. The fourth-order valence-corrected chi connectivity index (χ4v) is 2.43. The molecule has 0 aliphatic rings. The van der Waals surface area contributed by atoms with E-state index in [9.17, 15) is 9.59 Å². The first-order valence-corrected chi connectivity index (χ1v) is 8.57. The average molecular weight is 396 g/mol. The normalized spacial score (nSPS) is 10.1. The number of esters is 1. The Kier molecular flexibility index (Phi) is 6.04. The second-order valence-electron chi connectivity index (χ2n) is 5.66. The molecule has 0 radical (unpaired) electrons. The number of ether oxygens (including phenoxy) is 1. The third-order valence-electron chi connectivity index (χ3n) is 3.65. The molecule has 8 heteroatoms. The van der Waals surface area contributed by atoms with Crippen LogP contribution in [0.5, 0.6) is 0 Å². The summed E-state index contributed by atoms with van der Waals surface area (Å²) in [5.74, 6) is -0.168. The van der Waals surface area contributed by atoms with Gasteiger partial charge in [-0.2, -0.15) is 5.26 Å². The van der Waals surface area contributed by atoms with Crippen LogP contribution in [0.1, 0.15) is 22.7 Å². The van der Waals surface area contributed by atoms with Crippen molar-refractivity contribution in [3.05, 3.63) is 71.2 Å². The molecule has 0 fully saturated rings. The Bertz CT molecular complexity index is 1020. The molecule has 0 spiro atoms. The fraction of sp³-hybridized carbons (Fsp3) is 0.100. The number of oxazole rings is 1. The van der Waals surface area contributed by atoms with E-state index in [1.54, 1.807) is 48.7 Å². The van der Waals surface area contributed by atoms with E-state index in [4.69, 9.17) is 26.0 Å². The molecule has 0 atom stereocenters. The fourth-order valence-electron chi connectivity index (χ4n) is 2.30. The second-order valence-corrected chi connectivity index (χ2v) is 6.10. The molecule has 0 aliphatic heterocycles. The highest BCUT2D eigenvalue weighted by atomic mass is 35.5. The van der Waals surface area contributed by atoms with Gasteiger partial charge in [-0.15, -0.1) is 0 Å².